The van der Waals surface area contributed by atoms with Crippen LogP contribution in [-0.4, -0.2) is 41.9 Å². The molecule has 6 nitrogen and oxygen atoms in total. The van der Waals surface area contributed by atoms with Crippen LogP contribution in [-0.2, 0) is 4.79 Å². The first-order valence-electron chi connectivity index (χ1n) is 8.99. The summed E-state index contributed by atoms with van der Waals surface area (Å²) in [5, 5.41) is 11.1. The number of aryl methyl sites for hydroxylation is 1. The Morgan fingerprint density at radius 2 is 1.74 bits per heavy atom. The summed E-state index contributed by atoms with van der Waals surface area (Å²) in [6.45, 7) is 7.04. The van der Waals surface area contributed by atoms with Gasteiger partial charge < -0.3 is 9.80 Å². The van der Waals surface area contributed by atoms with Gasteiger partial charge in [-0.1, -0.05) is 24.3 Å². The highest BCUT2D eigenvalue weighted by Gasteiger charge is 2.21. The normalized spacial score (nSPS) is 14.6. The van der Waals surface area contributed by atoms with E-state index in [2.05, 4.69) is 36.9 Å². The third-order valence-corrected chi connectivity index (χ3v) is 5.05. The van der Waals surface area contributed by atoms with Crippen molar-refractivity contribution >= 4 is 23.4 Å². The molecule has 6 heteroatoms. The Balaban J connectivity index is 1.64. The zero-order valence-electron chi connectivity index (χ0n) is 15.6. The predicted octanol–water partition coefficient (Wildman–Crippen LogP) is 3.57. The van der Waals surface area contributed by atoms with Crippen LogP contribution in [0, 0.1) is 24.0 Å². The molecule has 0 saturated carbocycles. The number of nitro groups is 1. The summed E-state index contributed by atoms with van der Waals surface area (Å²) >= 11 is 0. The molecule has 0 spiro atoms. The van der Waals surface area contributed by atoms with E-state index in [0.29, 0.717) is 18.7 Å². The summed E-state index contributed by atoms with van der Waals surface area (Å²) in [7, 11) is 0. The fraction of sp³-hybridized carbons (Fsp3) is 0.286. The van der Waals surface area contributed by atoms with E-state index in [1.54, 1.807) is 23.1 Å². The van der Waals surface area contributed by atoms with Crippen molar-refractivity contribution in [2.45, 2.75) is 13.8 Å². The number of benzene rings is 2. The monoisotopic (exact) mass is 365 g/mol. The molecule has 2 aromatic carbocycles. The van der Waals surface area contributed by atoms with Gasteiger partial charge in [-0.15, -0.1) is 0 Å². The van der Waals surface area contributed by atoms with Crippen molar-refractivity contribution in [3.05, 3.63) is 75.3 Å². The van der Waals surface area contributed by atoms with Gasteiger partial charge in [-0.2, -0.15) is 0 Å². The molecule has 3 rings (SSSR count). The van der Waals surface area contributed by atoms with Crippen LogP contribution in [0.25, 0.3) is 6.08 Å². The molecule has 1 aliphatic rings. The number of carbonyl (C=O) groups is 1. The number of nitro benzene ring substituents is 1. The van der Waals surface area contributed by atoms with Crippen LogP contribution < -0.4 is 4.90 Å². The molecule has 1 amide bonds. The third-order valence-electron chi connectivity index (χ3n) is 5.05. The van der Waals surface area contributed by atoms with Crippen LogP contribution in [0.2, 0.25) is 0 Å². The Morgan fingerprint density at radius 1 is 1.04 bits per heavy atom. The van der Waals surface area contributed by atoms with Crippen LogP contribution in [0.1, 0.15) is 16.7 Å². The molecule has 1 saturated heterocycles. The molecule has 0 unspecified atom stereocenters. The van der Waals surface area contributed by atoms with E-state index >= 15 is 0 Å². The number of rotatable bonds is 4. The molecule has 0 bridgehead atoms. The van der Waals surface area contributed by atoms with E-state index in [0.717, 1.165) is 13.1 Å². The number of para-hydroxylation sites is 1. The second-order valence-electron chi connectivity index (χ2n) is 6.68. The first-order chi connectivity index (χ1) is 13.0. The number of carbonyl (C=O) groups excluding carboxylic acids is 1. The molecule has 0 aromatic heterocycles. The van der Waals surface area contributed by atoms with Gasteiger partial charge in [0.05, 0.1) is 10.5 Å². The number of hydrogen-bond donors (Lipinski definition) is 0. The molecule has 0 N–H and O–H groups in total. The molecule has 2 aromatic rings. The molecule has 1 heterocycles. The van der Waals surface area contributed by atoms with Crippen molar-refractivity contribution in [3.63, 3.8) is 0 Å². The lowest BCUT2D eigenvalue weighted by Gasteiger charge is -2.36. The van der Waals surface area contributed by atoms with Crippen LogP contribution in [0.15, 0.2) is 48.5 Å². The molecular formula is C21H23N3O3. The van der Waals surface area contributed by atoms with Gasteiger partial charge >= 0.3 is 0 Å². The van der Waals surface area contributed by atoms with Gasteiger partial charge in [0, 0.05) is 44.0 Å². The first-order valence-corrected chi connectivity index (χ1v) is 8.99. The fourth-order valence-corrected chi connectivity index (χ4v) is 3.31. The highest BCUT2D eigenvalue weighted by molar-refractivity contribution is 5.92. The average Bonchev–Trinajstić information content (AvgIpc) is 2.68. The molecule has 140 valence electrons. The quantitative estimate of drug-likeness (QED) is 0.472. The van der Waals surface area contributed by atoms with Crippen LogP contribution in [0.5, 0.6) is 0 Å². The van der Waals surface area contributed by atoms with E-state index in [-0.39, 0.29) is 11.6 Å². The van der Waals surface area contributed by atoms with E-state index < -0.39 is 4.92 Å². The first kappa shape index (κ1) is 18.6. The van der Waals surface area contributed by atoms with Crippen LogP contribution in [0.4, 0.5) is 11.4 Å². The highest BCUT2D eigenvalue weighted by Crippen LogP contribution is 2.24. The summed E-state index contributed by atoms with van der Waals surface area (Å²) in [6, 6.07) is 12.7. The number of hydrogen-bond acceptors (Lipinski definition) is 4. The molecule has 1 aliphatic heterocycles. The minimum atomic E-state index is -0.437. The second kappa shape index (κ2) is 8.03. The van der Waals surface area contributed by atoms with Crippen LogP contribution in [0.3, 0.4) is 0 Å². The third kappa shape index (κ3) is 4.16. The second-order valence-corrected chi connectivity index (χ2v) is 6.68. The SMILES string of the molecule is Cc1cccc(N2CCN(C(=O)C=Cc3ccccc3[N+](=O)[O-])CC2)c1C. The molecule has 0 atom stereocenters. The summed E-state index contributed by atoms with van der Waals surface area (Å²) < 4.78 is 0. The van der Waals surface area contributed by atoms with Gasteiger partial charge in [-0.3, -0.25) is 14.9 Å². The van der Waals surface area contributed by atoms with Crippen molar-refractivity contribution < 1.29 is 9.72 Å². The van der Waals surface area contributed by atoms with Crippen molar-refractivity contribution in [1.82, 2.24) is 4.90 Å². The van der Waals surface area contributed by atoms with E-state index in [1.807, 2.05) is 0 Å². The maximum atomic E-state index is 12.5. The minimum Gasteiger partial charge on any atom is -0.368 e. The summed E-state index contributed by atoms with van der Waals surface area (Å²) in [5.41, 5.74) is 4.19. The summed E-state index contributed by atoms with van der Waals surface area (Å²) in [4.78, 5) is 27.2. The lowest BCUT2D eigenvalue weighted by atomic mass is 10.1. The molecule has 0 aliphatic carbocycles. The topological polar surface area (TPSA) is 66.7 Å². The Labute approximate surface area is 158 Å². The maximum absolute atomic E-state index is 12.5. The van der Waals surface area contributed by atoms with Gasteiger partial charge in [0.2, 0.25) is 5.91 Å². The van der Waals surface area contributed by atoms with Crippen molar-refractivity contribution in [2.24, 2.45) is 0 Å². The Bertz CT molecular complexity index is 884. The largest absolute Gasteiger partial charge is 0.368 e. The van der Waals surface area contributed by atoms with Gasteiger partial charge in [0.15, 0.2) is 0 Å². The number of piperazine rings is 1. The molecule has 1 fully saturated rings. The van der Waals surface area contributed by atoms with Gasteiger partial charge in [0.25, 0.3) is 5.69 Å². The van der Waals surface area contributed by atoms with Crippen molar-refractivity contribution in [3.8, 4) is 0 Å². The average molecular weight is 365 g/mol. The van der Waals surface area contributed by atoms with E-state index in [9.17, 15) is 14.9 Å². The van der Waals surface area contributed by atoms with E-state index in [4.69, 9.17) is 0 Å². The minimum absolute atomic E-state index is 0.00120. The highest BCUT2D eigenvalue weighted by atomic mass is 16.6. The lowest BCUT2D eigenvalue weighted by molar-refractivity contribution is -0.385. The maximum Gasteiger partial charge on any atom is 0.276 e. The molecular weight excluding hydrogens is 342 g/mol. The van der Waals surface area contributed by atoms with Gasteiger partial charge in [-0.05, 0) is 43.2 Å². The molecule has 27 heavy (non-hydrogen) atoms. The number of amides is 1. The Kier molecular flexibility index (Phi) is 5.54. The summed E-state index contributed by atoms with van der Waals surface area (Å²) in [5.74, 6) is -0.117. The van der Waals surface area contributed by atoms with Gasteiger partial charge in [-0.25, -0.2) is 0 Å². The van der Waals surface area contributed by atoms with Crippen molar-refractivity contribution in [2.75, 3.05) is 31.1 Å². The summed E-state index contributed by atoms with van der Waals surface area (Å²) in [6.07, 6.45) is 2.95. The Hall–Kier alpha value is -3.15. The molecule has 0 radical (unpaired) electrons. The Morgan fingerprint density at radius 3 is 2.44 bits per heavy atom. The van der Waals surface area contributed by atoms with E-state index in [1.165, 1.54) is 35.0 Å². The zero-order chi connectivity index (χ0) is 19.4. The number of nitrogens with zero attached hydrogens (tertiary/aromatic N) is 3. The number of anilines is 1. The zero-order valence-corrected chi connectivity index (χ0v) is 15.6. The predicted molar refractivity (Wildman–Crippen MR) is 107 cm³/mol. The lowest BCUT2D eigenvalue weighted by Crippen LogP contribution is -2.48. The fourth-order valence-electron chi connectivity index (χ4n) is 3.31. The van der Waals surface area contributed by atoms with Gasteiger partial charge in [0.1, 0.15) is 0 Å². The smallest absolute Gasteiger partial charge is 0.276 e. The standard InChI is InChI=1S/C21H23N3O3/c1-16-6-5-9-19(17(16)2)22-12-14-23(15-13-22)21(25)11-10-18-7-3-4-8-20(18)24(26)27/h3-11H,12-15H2,1-2H3. The van der Waals surface area contributed by atoms with Crippen LogP contribution >= 0.6 is 0 Å². The van der Waals surface area contributed by atoms with Crippen molar-refractivity contribution in [1.29, 1.82) is 0 Å².